The fraction of sp³-hybridized carbons (Fsp3) is 0.0833. The summed E-state index contributed by atoms with van der Waals surface area (Å²) in [6.45, 7) is 1.91. The Morgan fingerprint density at radius 2 is 2.05 bits per heavy atom. The number of amides is 1. The number of hydrogen-bond donors (Lipinski definition) is 3. The van der Waals surface area contributed by atoms with Crippen molar-refractivity contribution in [1.82, 2.24) is 10.2 Å². The lowest BCUT2D eigenvalue weighted by molar-refractivity contribution is 0.102. The highest BCUT2D eigenvalue weighted by atomic mass is 79.9. The summed E-state index contributed by atoms with van der Waals surface area (Å²) in [5.74, 6) is 5.25. The smallest absolute Gasteiger partial charge is 0.276 e. The van der Waals surface area contributed by atoms with Gasteiger partial charge in [0.15, 0.2) is 11.5 Å². The average Bonchev–Trinajstić information content (AvgIpc) is 2.44. The van der Waals surface area contributed by atoms with Crippen LogP contribution in [-0.2, 0) is 0 Å². The van der Waals surface area contributed by atoms with E-state index in [0.717, 1.165) is 15.7 Å². The Morgan fingerprint density at radius 3 is 2.68 bits per heavy atom. The average molecular weight is 322 g/mol. The molecule has 2 aromatic rings. The Bertz CT molecular complexity index is 600. The SMILES string of the molecule is Cc1c(Br)cccc1NC(=O)c1ccc(NN)nn1. The quantitative estimate of drug-likeness (QED) is 0.594. The highest BCUT2D eigenvalue weighted by molar-refractivity contribution is 9.10. The van der Waals surface area contributed by atoms with Crippen molar-refractivity contribution >= 4 is 33.3 Å². The molecule has 0 aliphatic carbocycles. The van der Waals surface area contributed by atoms with E-state index in [-0.39, 0.29) is 11.6 Å². The van der Waals surface area contributed by atoms with Crippen LogP contribution >= 0.6 is 15.9 Å². The van der Waals surface area contributed by atoms with Crippen LogP contribution in [0.3, 0.4) is 0 Å². The minimum absolute atomic E-state index is 0.221. The van der Waals surface area contributed by atoms with Gasteiger partial charge in [0.2, 0.25) is 0 Å². The van der Waals surface area contributed by atoms with E-state index in [2.05, 4.69) is 36.9 Å². The molecule has 6 nitrogen and oxygen atoms in total. The number of rotatable bonds is 3. The number of nitrogens with zero attached hydrogens (tertiary/aromatic N) is 2. The van der Waals surface area contributed by atoms with Crippen molar-refractivity contribution in [3.05, 3.63) is 46.1 Å². The Labute approximate surface area is 118 Å². The number of carbonyl (C=O) groups is 1. The first-order valence-corrected chi connectivity index (χ1v) is 6.28. The normalized spacial score (nSPS) is 10.1. The van der Waals surface area contributed by atoms with Crippen molar-refractivity contribution in [2.45, 2.75) is 6.92 Å². The second-order valence-corrected chi connectivity index (χ2v) is 4.67. The number of nitrogens with two attached hydrogens (primary N) is 1. The van der Waals surface area contributed by atoms with Crippen molar-refractivity contribution < 1.29 is 4.79 Å². The van der Waals surface area contributed by atoms with Crippen LogP contribution in [0.1, 0.15) is 16.1 Å². The van der Waals surface area contributed by atoms with E-state index < -0.39 is 0 Å². The molecule has 98 valence electrons. The van der Waals surface area contributed by atoms with Crippen LogP contribution in [0.25, 0.3) is 0 Å². The molecule has 0 aliphatic heterocycles. The number of anilines is 2. The molecule has 1 heterocycles. The molecule has 0 atom stereocenters. The maximum Gasteiger partial charge on any atom is 0.276 e. The first-order valence-electron chi connectivity index (χ1n) is 5.48. The van der Waals surface area contributed by atoms with Crippen molar-refractivity contribution in [3.8, 4) is 0 Å². The van der Waals surface area contributed by atoms with Crippen LogP contribution in [0.4, 0.5) is 11.5 Å². The number of aromatic nitrogens is 2. The van der Waals surface area contributed by atoms with Crippen LogP contribution in [0, 0.1) is 6.92 Å². The number of hydrogen-bond acceptors (Lipinski definition) is 5. The van der Waals surface area contributed by atoms with E-state index in [9.17, 15) is 4.79 Å². The first-order chi connectivity index (χ1) is 9.11. The van der Waals surface area contributed by atoms with E-state index in [1.807, 2.05) is 25.1 Å². The molecule has 1 aromatic heterocycles. The van der Waals surface area contributed by atoms with E-state index in [1.165, 1.54) is 0 Å². The summed E-state index contributed by atoms with van der Waals surface area (Å²) in [5, 5.41) is 10.3. The molecule has 1 amide bonds. The van der Waals surface area contributed by atoms with Crippen LogP contribution in [0.15, 0.2) is 34.8 Å². The van der Waals surface area contributed by atoms with Crippen LogP contribution < -0.4 is 16.6 Å². The molecule has 7 heteroatoms. The van der Waals surface area contributed by atoms with E-state index in [1.54, 1.807) is 12.1 Å². The maximum absolute atomic E-state index is 12.0. The zero-order valence-electron chi connectivity index (χ0n) is 10.1. The van der Waals surface area contributed by atoms with Gasteiger partial charge in [-0.1, -0.05) is 22.0 Å². The molecule has 19 heavy (non-hydrogen) atoms. The van der Waals surface area contributed by atoms with Crippen LogP contribution in [0.2, 0.25) is 0 Å². The lowest BCUT2D eigenvalue weighted by Crippen LogP contribution is -2.16. The fourth-order valence-electron chi connectivity index (χ4n) is 1.46. The molecule has 0 fully saturated rings. The molecule has 4 N–H and O–H groups in total. The van der Waals surface area contributed by atoms with Gasteiger partial charge in [-0.3, -0.25) is 4.79 Å². The minimum atomic E-state index is -0.322. The highest BCUT2D eigenvalue weighted by Crippen LogP contribution is 2.23. The monoisotopic (exact) mass is 321 g/mol. The van der Waals surface area contributed by atoms with Crippen LogP contribution in [0.5, 0.6) is 0 Å². The summed E-state index contributed by atoms with van der Waals surface area (Å²) in [7, 11) is 0. The summed E-state index contributed by atoms with van der Waals surface area (Å²) in [5.41, 5.74) is 4.24. The zero-order valence-corrected chi connectivity index (χ0v) is 11.7. The number of carbonyl (C=O) groups excluding carboxylic acids is 1. The molecular formula is C12H12BrN5O. The molecular weight excluding hydrogens is 310 g/mol. The van der Waals surface area contributed by atoms with Gasteiger partial charge in [-0.15, -0.1) is 10.2 Å². The van der Waals surface area contributed by atoms with Gasteiger partial charge in [-0.2, -0.15) is 0 Å². The number of halogens is 1. The summed E-state index contributed by atoms with van der Waals surface area (Å²) in [6, 6.07) is 8.70. The lowest BCUT2D eigenvalue weighted by atomic mass is 10.2. The summed E-state index contributed by atoms with van der Waals surface area (Å²) in [6.07, 6.45) is 0. The van der Waals surface area contributed by atoms with Gasteiger partial charge in [0, 0.05) is 10.2 Å². The van der Waals surface area contributed by atoms with Crippen molar-refractivity contribution in [2.24, 2.45) is 5.84 Å². The van der Waals surface area contributed by atoms with Crippen molar-refractivity contribution in [2.75, 3.05) is 10.7 Å². The van der Waals surface area contributed by atoms with Gasteiger partial charge >= 0.3 is 0 Å². The molecule has 0 saturated heterocycles. The molecule has 0 radical (unpaired) electrons. The van der Waals surface area contributed by atoms with Gasteiger partial charge in [-0.25, -0.2) is 5.84 Å². The van der Waals surface area contributed by atoms with Gasteiger partial charge in [0.25, 0.3) is 5.91 Å². The maximum atomic E-state index is 12.0. The first kappa shape index (κ1) is 13.4. The zero-order chi connectivity index (χ0) is 13.8. The van der Waals surface area contributed by atoms with Crippen molar-refractivity contribution in [3.63, 3.8) is 0 Å². The predicted octanol–water partition coefficient (Wildman–Crippen LogP) is 2.09. The molecule has 0 unspecified atom stereocenters. The standard InChI is InChI=1S/C12H12BrN5O/c1-7-8(13)3-2-4-9(7)15-12(19)10-5-6-11(16-14)18-17-10/h2-6H,14H2,1H3,(H,15,19)(H,16,18). The van der Waals surface area contributed by atoms with E-state index >= 15 is 0 Å². The minimum Gasteiger partial charge on any atom is -0.320 e. The highest BCUT2D eigenvalue weighted by Gasteiger charge is 2.10. The molecule has 1 aromatic carbocycles. The summed E-state index contributed by atoms with van der Waals surface area (Å²) in [4.78, 5) is 12.0. The third-order valence-electron chi connectivity index (χ3n) is 2.56. The predicted molar refractivity (Wildman–Crippen MR) is 76.7 cm³/mol. The summed E-state index contributed by atoms with van der Waals surface area (Å²) < 4.78 is 0.930. The fourth-order valence-corrected chi connectivity index (χ4v) is 1.83. The van der Waals surface area contributed by atoms with E-state index in [0.29, 0.717) is 5.82 Å². The molecule has 2 rings (SSSR count). The van der Waals surface area contributed by atoms with Crippen molar-refractivity contribution in [1.29, 1.82) is 0 Å². The Balaban J connectivity index is 2.18. The molecule has 0 bridgehead atoms. The Morgan fingerprint density at radius 1 is 1.26 bits per heavy atom. The number of hydrazine groups is 1. The third-order valence-corrected chi connectivity index (χ3v) is 3.42. The van der Waals surface area contributed by atoms with Crippen LogP contribution in [-0.4, -0.2) is 16.1 Å². The molecule has 0 saturated carbocycles. The lowest BCUT2D eigenvalue weighted by Gasteiger charge is -2.09. The van der Waals surface area contributed by atoms with E-state index in [4.69, 9.17) is 5.84 Å². The Kier molecular flexibility index (Phi) is 4.08. The van der Waals surface area contributed by atoms with Gasteiger partial charge < -0.3 is 10.7 Å². The third kappa shape index (κ3) is 3.07. The summed E-state index contributed by atoms with van der Waals surface area (Å²) >= 11 is 3.41. The van der Waals surface area contributed by atoms with Gasteiger partial charge in [-0.05, 0) is 36.8 Å². The second-order valence-electron chi connectivity index (χ2n) is 3.81. The van der Waals surface area contributed by atoms with Gasteiger partial charge in [0.05, 0.1) is 0 Å². The second kappa shape index (κ2) is 5.77. The largest absolute Gasteiger partial charge is 0.320 e. The number of nitrogen functional groups attached to an aromatic ring is 1. The Hall–Kier alpha value is -1.99. The van der Waals surface area contributed by atoms with Gasteiger partial charge in [0.1, 0.15) is 0 Å². The molecule has 0 spiro atoms. The number of benzene rings is 1. The molecule has 0 aliphatic rings. The topological polar surface area (TPSA) is 92.9 Å². The number of nitrogens with one attached hydrogen (secondary N) is 2.